The summed E-state index contributed by atoms with van der Waals surface area (Å²) in [5.74, 6) is 3.01. The Labute approximate surface area is 93.3 Å². The summed E-state index contributed by atoms with van der Waals surface area (Å²) in [7, 11) is 0. The monoisotopic (exact) mass is 208 g/mol. The average molecular weight is 208 g/mol. The normalized spacial score (nSPS) is 48.6. The van der Waals surface area contributed by atoms with Gasteiger partial charge in [0.1, 0.15) is 0 Å². The highest BCUT2D eigenvalue weighted by Crippen LogP contribution is 2.65. The highest BCUT2D eigenvalue weighted by atomic mass is 16.3. The molecule has 4 rings (SSSR count). The summed E-state index contributed by atoms with van der Waals surface area (Å²) in [4.78, 5) is 0. The van der Waals surface area contributed by atoms with E-state index < -0.39 is 0 Å². The Morgan fingerprint density at radius 2 is 1.40 bits per heavy atom. The molecule has 1 heteroatoms. The predicted octanol–water partition coefficient (Wildman–Crippen LogP) is 3.22. The van der Waals surface area contributed by atoms with E-state index in [0.29, 0.717) is 12.0 Å². The van der Waals surface area contributed by atoms with Crippen LogP contribution in [0, 0.1) is 28.6 Å². The Bertz CT molecular complexity index is 231. The fraction of sp³-hybridized carbons (Fsp3) is 1.00. The van der Waals surface area contributed by atoms with E-state index in [0.717, 1.165) is 17.8 Å². The molecular formula is C14H24O. The minimum absolute atomic E-state index is 0.156. The molecule has 4 bridgehead atoms. The van der Waals surface area contributed by atoms with E-state index in [9.17, 15) is 5.11 Å². The van der Waals surface area contributed by atoms with Crippen LogP contribution in [0.15, 0.2) is 0 Å². The van der Waals surface area contributed by atoms with Crippen molar-refractivity contribution in [2.24, 2.45) is 28.6 Å². The Hall–Kier alpha value is -0.0400. The largest absolute Gasteiger partial charge is 0.396 e. The van der Waals surface area contributed by atoms with Gasteiger partial charge in [-0.25, -0.2) is 0 Å². The van der Waals surface area contributed by atoms with Crippen molar-refractivity contribution in [1.29, 1.82) is 0 Å². The third kappa shape index (κ3) is 1.32. The van der Waals surface area contributed by atoms with Gasteiger partial charge >= 0.3 is 0 Å². The standard InChI is InChI=1S/C14H24O/c1-13(2,9-15)14-6-10-3-11(7-14)5-12(4-10)8-14/h10-12,15H,3-9H2,1-2H3. The van der Waals surface area contributed by atoms with Gasteiger partial charge in [-0.05, 0) is 67.1 Å². The molecule has 0 heterocycles. The third-order valence-electron chi connectivity index (χ3n) is 5.87. The first-order valence-corrected chi connectivity index (χ1v) is 6.65. The summed E-state index contributed by atoms with van der Waals surface area (Å²) in [5, 5.41) is 9.65. The molecule has 15 heavy (non-hydrogen) atoms. The number of rotatable bonds is 2. The number of hydrogen-bond donors (Lipinski definition) is 1. The maximum Gasteiger partial charge on any atom is 0.0487 e. The van der Waals surface area contributed by atoms with Crippen LogP contribution in [0.25, 0.3) is 0 Å². The third-order valence-corrected chi connectivity index (χ3v) is 5.87. The molecule has 4 aliphatic carbocycles. The molecule has 1 nitrogen and oxygen atoms in total. The minimum Gasteiger partial charge on any atom is -0.396 e. The van der Waals surface area contributed by atoms with Crippen molar-refractivity contribution >= 4 is 0 Å². The Balaban J connectivity index is 1.93. The maximum atomic E-state index is 9.65. The van der Waals surface area contributed by atoms with Crippen LogP contribution in [-0.2, 0) is 0 Å². The second-order valence-corrected chi connectivity index (χ2v) is 7.24. The molecule has 1 N–H and O–H groups in total. The second-order valence-electron chi connectivity index (χ2n) is 7.24. The molecule has 86 valence electrons. The average Bonchev–Trinajstić information content (AvgIpc) is 2.15. The zero-order chi connectivity index (χ0) is 10.7. The smallest absolute Gasteiger partial charge is 0.0487 e. The van der Waals surface area contributed by atoms with Crippen LogP contribution in [0.3, 0.4) is 0 Å². The summed E-state index contributed by atoms with van der Waals surface area (Å²) >= 11 is 0. The van der Waals surface area contributed by atoms with E-state index in [1.807, 2.05) is 0 Å². The van der Waals surface area contributed by atoms with E-state index in [4.69, 9.17) is 0 Å². The van der Waals surface area contributed by atoms with Gasteiger partial charge in [-0.1, -0.05) is 13.8 Å². The number of aliphatic hydroxyl groups excluding tert-OH is 1. The molecule has 4 aliphatic rings. The fourth-order valence-electron chi connectivity index (χ4n) is 5.11. The molecule has 0 aliphatic heterocycles. The molecule has 0 spiro atoms. The van der Waals surface area contributed by atoms with Gasteiger partial charge in [0.2, 0.25) is 0 Å². The Morgan fingerprint density at radius 1 is 1.00 bits per heavy atom. The zero-order valence-corrected chi connectivity index (χ0v) is 10.1. The van der Waals surface area contributed by atoms with Gasteiger partial charge in [0, 0.05) is 6.61 Å². The van der Waals surface area contributed by atoms with Crippen LogP contribution in [0.5, 0.6) is 0 Å². The van der Waals surface area contributed by atoms with Gasteiger partial charge in [-0.3, -0.25) is 0 Å². The van der Waals surface area contributed by atoms with E-state index in [1.54, 1.807) is 0 Å². The van der Waals surface area contributed by atoms with Crippen molar-refractivity contribution in [2.75, 3.05) is 6.61 Å². The van der Waals surface area contributed by atoms with E-state index in [2.05, 4.69) is 13.8 Å². The van der Waals surface area contributed by atoms with Crippen molar-refractivity contribution in [3.8, 4) is 0 Å². The van der Waals surface area contributed by atoms with Crippen LogP contribution in [0.4, 0.5) is 0 Å². The molecule has 0 atom stereocenters. The van der Waals surface area contributed by atoms with Gasteiger partial charge in [0.05, 0.1) is 0 Å². The van der Waals surface area contributed by atoms with Crippen molar-refractivity contribution in [2.45, 2.75) is 52.4 Å². The summed E-state index contributed by atoms with van der Waals surface area (Å²) in [6, 6.07) is 0. The van der Waals surface area contributed by atoms with Crippen LogP contribution in [0.1, 0.15) is 52.4 Å². The lowest BCUT2D eigenvalue weighted by Gasteiger charge is -2.62. The number of hydrogen-bond acceptors (Lipinski definition) is 1. The van der Waals surface area contributed by atoms with E-state index in [-0.39, 0.29) is 5.41 Å². The minimum atomic E-state index is 0.156. The molecule has 0 radical (unpaired) electrons. The molecular weight excluding hydrogens is 184 g/mol. The highest BCUT2D eigenvalue weighted by Gasteiger charge is 2.56. The molecule has 0 aromatic rings. The summed E-state index contributed by atoms with van der Waals surface area (Å²) in [6.45, 7) is 4.96. The van der Waals surface area contributed by atoms with Crippen LogP contribution >= 0.6 is 0 Å². The fourth-order valence-corrected chi connectivity index (χ4v) is 5.11. The quantitative estimate of drug-likeness (QED) is 0.738. The molecule has 0 aromatic carbocycles. The van der Waals surface area contributed by atoms with E-state index >= 15 is 0 Å². The summed E-state index contributed by atoms with van der Waals surface area (Å²) < 4.78 is 0. The van der Waals surface area contributed by atoms with Gasteiger partial charge in [-0.2, -0.15) is 0 Å². The summed E-state index contributed by atoms with van der Waals surface area (Å²) in [5.41, 5.74) is 0.652. The molecule has 0 saturated heterocycles. The molecule has 0 amide bonds. The lowest BCUT2D eigenvalue weighted by Crippen LogP contribution is -2.53. The Morgan fingerprint density at radius 3 is 1.73 bits per heavy atom. The molecule has 0 unspecified atom stereocenters. The summed E-state index contributed by atoms with van der Waals surface area (Å²) in [6.07, 6.45) is 8.73. The lowest BCUT2D eigenvalue weighted by molar-refractivity contribution is -0.133. The predicted molar refractivity (Wildman–Crippen MR) is 61.5 cm³/mol. The highest BCUT2D eigenvalue weighted by molar-refractivity contribution is 5.06. The van der Waals surface area contributed by atoms with E-state index in [1.165, 1.54) is 38.5 Å². The van der Waals surface area contributed by atoms with Gasteiger partial charge in [0.25, 0.3) is 0 Å². The van der Waals surface area contributed by atoms with Crippen LogP contribution in [0.2, 0.25) is 0 Å². The van der Waals surface area contributed by atoms with Crippen molar-refractivity contribution in [3.05, 3.63) is 0 Å². The first-order chi connectivity index (χ1) is 7.05. The molecule has 4 fully saturated rings. The van der Waals surface area contributed by atoms with Gasteiger partial charge in [0.15, 0.2) is 0 Å². The topological polar surface area (TPSA) is 20.2 Å². The van der Waals surface area contributed by atoms with Gasteiger partial charge in [-0.15, -0.1) is 0 Å². The van der Waals surface area contributed by atoms with Crippen molar-refractivity contribution in [1.82, 2.24) is 0 Å². The maximum absolute atomic E-state index is 9.65. The SMILES string of the molecule is CC(C)(CO)C12CC3CC(CC(C3)C1)C2. The Kier molecular flexibility index (Phi) is 2.03. The first kappa shape index (κ1) is 10.1. The van der Waals surface area contributed by atoms with Crippen molar-refractivity contribution in [3.63, 3.8) is 0 Å². The first-order valence-electron chi connectivity index (χ1n) is 6.65. The van der Waals surface area contributed by atoms with Gasteiger partial charge < -0.3 is 5.11 Å². The lowest BCUT2D eigenvalue weighted by atomic mass is 9.43. The van der Waals surface area contributed by atoms with Crippen molar-refractivity contribution < 1.29 is 5.11 Å². The molecule has 0 aromatic heterocycles. The van der Waals surface area contributed by atoms with Crippen LogP contribution in [-0.4, -0.2) is 11.7 Å². The number of aliphatic hydroxyl groups is 1. The zero-order valence-electron chi connectivity index (χ0n) is 10.1. The molecule has 4 saturated carbocycles. The van der Waals surface area contributed by atoms with Crippen LogP contribution < -0.4 is 0 Å². The second kappa shape index (κ2) is 3.00.